The molecule has 3 heterocycles. The van der Waals surface area contributed by atoms with Crippen molar-refractivity contribution in [2.45, 2.75) is 12.6 Å². The number of rotatable bonds is 6. The second kappa shape index (κ2) is 10.2. The Kier molecular flexibility index (Phi) is 6.42. The van der Waals surface area contributed by atoms with Gasteiger partial charge in [-0.1, -0.05) is 48.5 Å². The van der Waals surface area contributed by atoms with Crippen LogP contribution in [-0.4, -0.2) is 47.9 Å². The van der Waals surface area contributed by atoms with Gasteiger partial charge in [0.25, 0.3) is 11.8 Å². The molecule has 0 saturated carbocycles. The van der Waals surface area contributed by atoms with Crippen molar-refractivity contribution in [1.29, 1.82) is 0 Å². The topological polar surface area (TPSA) is 77.6 Å². The van der Waals surface area contributed by atoms with Gasteiger partial charge in [0.1, 0.15) is 6.04 Å². The molecule has 1 saturated heterocycles. The average Bonchev–Trinajstić information content (AvgIpc) is 3.57. The third-order valence-corrected chi connectivity index (χ3v) is 7.65. The Morgan fingerprint density at radius 1 is 0.973 bits per heavy atom. The normalized spacial score (nSPS) is 15.9. The van der Waals surface area contributed by atoms with Gasteiger partial charge in [0.15, 0.2) is 5.13 Å². The maximum absolute atomic E-state index is 13.5. The molecule has 1 unspecified atom stereocenters. The van der Waals surface area contributed by atoms with Gasteiger partial charge in [-0.05, 0) is 46.5 Å². The highest BCUT2D eigenvalue weighted by Gasteiger charge is 2.37. The van der Waals surface area contributed by atoms with Gasteiger partial charge in [0.05, 0.1) is 0 Å². The molecule has 1 atom stereocenters. The molecule has 0 aliphatic carbocycles. The lowest BCUT2D eigenvalue weighted by atomic mass is 10.00. The van der Waals surface area contributed by atoms with E-state index in [4.69, 9.17) is 0 Å². The Morgan fingerprint density at radius 3 is 2.46 bits per heavy atom. The minimum atomic E-state index is -0.758. The van der Waals surface area contributed by atoms with Crippen LogP contribution in [0.3, 0.4) is 0 Å². The van der Waals surface area contributed by atoms with Crippen molar-refractivity contribution in [3.05, 3.63) is 101 Å². The predicted octanol–water partition coefficient (Wildman–Crippen LogP) is 4.56. The van der Waals surface area contributed by atoms with E-state index in [2.05, 4.69) is 50.8 Å². The number of fused-ring (bicyclic) bond motifs is 1. The fourth-order valence-electron chi connectivity index (χ4n) is 5.09. The van der Waals surface area contributed by atoms with Crippen LogP contribution in [-0.2, 0) is 11.3 Å². The molecule has 186 valence electrons. The Bertz CT molecular complexity index is 1400. The van der Waals surface area contributed by atoms with Crippen molar-refractivity contribution < 1.29 is 9.59 Å². The molecule has 1 aromatic heterocycles. The number of hydrogen-bond donors (Lipinski definition) is 2. The number of benzene rings is 3. The summed E-state index contributed by atoms with van der Waals surface area (Å²) in [6.45, 7) is 4.39. The first-order chi connectivity index (χ1) is 18.2. The number of nitrogens with one attached hydrogen (secondary N) is 2. The fourth-order valence-corrected chi connectivity index (χ4v) is 5.62. The Hall–Kier alpha value is -4.01. The summed E-state index contributed by atoms with van der Waals surface area (Å²) in [6.07, 6.45) is 1.65. The van der Waals surface area contributed by atoms with Crippen molar-refractivity contribution in [1.82, 2.24) is 15.2 Å². The van der Waals surface area contributed by atoms with Gasteiger partial charge in [-0.25, -0.2) is 4.98 Å². The molecular formula is C29H27N5O2S. The SMILES string of the molecule is O=C(Nc1nccs1)C(c1ccccc1)N1Cc2cc(-c3ccc(N4CCNCC4)cc3)ccc2C1=O. The molecular weight excluding hydrogens is 482 g/mol. The molecule has 2 aliphatic heterocycles. The minimum Gasteiger partial charge on any atom is -0.369 e. The lowest BCUT2D eigenvalue weighted by Crippen LogP contribution is -2.43. The molecule has 0 radical (unpaired) electrons. The number of anilines is 2. The van der Waals surface area contributed by atoms with E-state index in [-0.39, 0.29) is 11.8 Å². The van der Waals surface area contributed by atoms with E-state index in [0.717, 1.165) is 48.4 Å². The molecule has 7 nitrogen and oxygen atoms in total. The second-order valence-corrected chi connectivity index (χ2v) is 10.1. The van der Waals surface area contributed by atoms with Crippen molar-refractivity contribution in [3.63, 3.8) is 0 Å². The van der Waals surface area contributed by atoms with Crippen molar-refractivity contribution in [2.75, 3.05) is 36.4 Å². The Labute approximate surface area is 219 Å². The smallest absolute Gasteiger partial charge is 0.255 e. The zero-order valence-corrected chi connectivity index (χ0v) is 21.1. The fraction of sp³-hybridized carbons (Fsp3) is 0.207. The highest BCUT2D eigenvalue weighted by atomic mass is 32.1. The molecule has 3 aromatic carbocycles. The van der Waals surface area contributed by atoms with Crippen LogP contribution in [0, 0.1) is 0 Å². The highest BCUT2D eigenvalue weighted by molar-refractivity contribution is 7.13. The van der Waals surface area contributed by atoms with Crippen LogP contribution < -0.4 is 15.5 Å². The lowest BCUT2D eigenvalue weighted by molar-refractivity contribution is -0.120. The summed E-state index contributed by atoms with van der Waals surface area (Å²) in [7, 11) is 0. The molecule has 37 heavy (non-hydrogen) atoms. The maximum atomic E-state index is 13.5. The third-order valence-electron chi connectivity index (χ3n) is 6.96. The van der Waals surface area contributed by atoms with Crippen LogP contribution in [0.5, 0.6) is 0 Å². The second-order valence-electron chi connectivity index (χ2n) is 9.23. The largest absolute Gasteiger partial charge is 0.369 e. The summed E-state index contributed by atoms with van der Waals surface area (Å²) in [4.78, 5) is 35.1. The van der Waals surface area contributed by atoms with Gasteiger partial charge in [-0.2, -0.15) is 0 Å². The van der Waals surface area contributed by atoms with Gasteiger partial charge in [-0.15, -0.1) is 11.3 Å². The summed E-state index contributed by atoms with van der Waals surface area (Å²) in [5, 5.41) is 8.59. The zero-order valence-electron chi connectivity index (χ0n) is 20.3. The number of hydrogen-bond acceptors (Lipinski definition) is 6. The molecule has 2 aliphatic rings. The van der Waals surface area contributed by atoms with E-state index < -0.39 is 6.04 Å². The average molecular weight is 510 g/mol. The van der Waals surface area contributed by atoms with Crippen molar-refractivity contribution >= 4 is 34.0 Å². The number of aromatic nitrogens is 1. The molecule has 1 fully saturated rings. The summed E-state index contributed by atoms with van der Waals surface area (Å²) in [5.41, 5.74) is 5.73. The predicted molar refractivity (Wildman–Crippen MR) is 147 cm³/mol. The van der Waals surface area contributed by atoms with Gasteiger partial charge < -0.3 is 15.1 Å². The Morgan fingerprint density at radius 2 is 1.73 bits per heavy atom. The van der Waals surface area contributed by atoms with E-state index in [1.807, 2.05) is 47.8 Å². The molecule has 6 rings (SSSR count). The van der Waals surface area contributed by atoms with Crippen LogP contribution in [0.4, 0.5) is 10.8 Å². The van der Waals surface area contributed by atoms with Crippen molar-refractivity contribution in [3.8, 4) is 11.1 Å². The maximum Gasteiger partial charge on any atom is 0.255 e. The van der Waals surface area contributed by atoms with Crippen LogP contribution in [0.2, 0.25) is 0 Å². The first-order valence-corrected chi connectivity index (χ1v) is 13.3. The summed E-state index contributed by atoms with van der Waals surface area (Å²) < 4.78 is 0. The molecule has 0 bridgehead atoms. The third kappa shape index (κ3) is 4.73. The standard InChI is InChI=1S/C29H27N5O2S/c35-27(32-29-31-14-17-37-29)26(21-4-2-1-3-5-21)34-19-23-18-22(8-11-25(23)28(34)36)20-6-9-24(10-7-20)33-15-12-30-13-16-33/h1-11,14,17-18,26,30H,12-13,15-16,19H2,(H,31,32,35). The van der Waals surface area contributed by atoms with Crippen LogP contribution in [0.15, 0.2) is 84.4 Å². The number of thiazole rings is 1. The van der Waals surface area contributed by atoms with Gasteiger partial charge in [0, 0.05) is 55.6 Å². The monoisotopic (exact) mass is 509 g/mol. The molecule has 8 heteroatoms. The van der Waals surface area contributed by atoms with E-state index in [0.29, 0.717) is 17.2 Å². The first kappa shape index (κ1) is 23.4. The molecule has 0 spiro atoms. The number of nitrogens with zero attached hydrogens (tertiary/aromatic N) is 3. The number of piperazine rings is 1. The Balaban J connectivity index is 1.26. The molecule has 2 amide bonds. The summed E-state index contributed by atoms with van der Waals surface area (Å²) in [5.74, 6) is -0.412. The number of carbonyl (C=O) groups is 2. The number of amides is 2. The highest BCUT2D eigenvalue weighted by Crippen LogP contribution is 2.35. The van der Waals surface area contributed by atoms with Gasteiger partial charge in [-0.3, -0.25) is 14.9 Å². The zero-order chi connectivity index (χ0) is 25.2. The lowest BCUT2D eigenvalue weighted by Gasteiger charge is -2.29. The van der Waals surface area contributed by atoms with E-state index in [1.54, 1.807) is 11.1 Å². The van der Waals surface area contributed by atoms with E-state index >= 15 is 0 Å². The van der Waals surface area contributed by atoms with Crippen LogP contribution in [0.1, 0.15) is 27.5 Å². The quantitative estimate of drug-likeness (QED) is 0.399. The van der Waals surface area contributed by atoms with Crippen molar-refractivity contribution in [2.24, 2.45) is 0 Å². The number of carbonyl (C=O) groups excluding carboxylic acids is 2. The van der Waals surface area contributed by atoms with Gasteiger partial charge in [0.2, 0.25) is 0 Å². The summed E-state index contributed by atoms with van der Waals surface area (Å²) in [6, 6.07) is 23.2. The first-order valence-electron chi connectivity index (χ1n) is 12.4. The molecule has 2 N–H and O–H groups in total. The minimum absolute atomic E-state index is 0.140. The van der Waals surface area contributed by atoms with Gasteiger partial charge >= 0.3 is 0 Å². The van der Waals surface area contributed by atoms with Crippen LogP contribution >= 0.6 is 11.3 Å². The van der Waals surface area contributed by atoms with E-state index in [1.165, 1.54) is 17.0 Å². The van der Waals surface area contributed by atoms with E-state index in [9.17, 15) is 9.59 Å². The van der Waals surface area contributed by atoms with Crippen LogP contribution in [0.25, 0.3) is 11.1 Å². The summed E-state index contributed by atoms with van der Waals surface area (Å²) >= 11 is 1.35. The molecule has 4 aromatic rings.